The highest BCUT2D eigenvalue weighted by Crippen LogP contribution is 2.32. The number of carbonyl (C=O) groups is 6. The lowest BCUT2D eigenvalue weighted by atomic mass is 9.95. The van der Waals surface area contributed by atoms with Gasteiger partial charge in [-0.1, -0.05) is 121 Å². The lowest BCUT2D eigenvalue weighted by Crippen LogP contribution is -2.54. The molecule has 15 heteroatoms. The summed E-state index contributed by atoms with van der Waals surface area (Å²) in [5.74, 6) is -2.49. The van der Waals surface area contributed by atoms with Crippen molar-refractivity contribution in [2.24, 2.45) is 11.5 Å². The SMILES string of the molecule is NC(=O)CC[C@H](NC(=O)OCc1ccccc1)C(=O)N[C@@H](Cc1ccccc1)[C@@H]1O[C@@H]1[C@H](Cc1ccccc1)NC(=O)[C@H](CCC(N)=O)NC(=O)OCc1ccccc1. The van der Waals surface area contributed by atoms with Crippen molar-refractivity contribution in [3.8, 4) is 0 Å². The molecule has 15 nitrogen and oxygen atoms in total. The van der Waals surface area contributed by atoms with E-state index in [0.29, 0.717) is 12.8 Å². The van der Waals surface area contributed by atoms with Crippen molar-refractivity contribution in [2.75, 3.05) is 0 Å². The van der Waals surface area contributed by atoms with E-state index in [2.05, 4.69) is 21.3 Å². The Morgan fingerprint density at radius 1 is 0.492 bits per heavy atom. The monoisotopic (exact) mass is 806 g/mol. The van der Waals surface area contributed by atoms with Crippen LogP contribution in [0.1, 0.15) is 47.9 Å². The molecule has 8 N–H and O–H groups in total. The number of carbonyl (C=O) groups excluding carboxylic acids is 6. The lowest BCUT2D eigenvalue weighted by Gasteiger charge is -2.25. The molecular weight excluding hydrogens is 757 g/mol. The van der Waals surface area contributed by atoms with Crippen molar-refractivity contribution in [2.45, 2.75) is 88.1 Å². The fourth-order valence-electron chi connectivity index (χ4n) is 6.51. The van der Waals surface area contributed by atoms with Gasteiger partial charge in [0.25, 0.3) is 0 Å². The van der Waals surface area contributed by atoms with Gasteiger partial charge in [0.2, 0.25) is 23.6 Å². The van der Waals surface area contributed by atoms with Gasteiger partial charge >= 0.3 is 12.2 Å². The molecule has 1 fully saturated rings. The van der Waals surface area contributed by atoms with Crippen LogP contribution in [0.2, 0.25) is 0 Å². The molecule has 1 saturated heterocycles. The first-order chi connectivity index (χ1) is 28.5. The Hall–Kier alpha value is -6.74. The molecule has 0 saturated carbocycles. The third kappa shape index (κ3) is 14.9. The van der Waals surface area contributed by atoms with Gasteiger partial charge in [0, 0.05) is 12.8 Å². The molecule has 0 aliphatic carbocycles. The lowest BCUT2D eigenvalue weighted by molar-refractivity contribution is -0.125. The molecule has 6 amide bonds. The van der Waals surface area contributed by atoms with E-state index in [1.165, 1.54) is 0 Å². The van der Waals surface area contributed by atoms with Crippen LogP contribution in [0.3, 0.4) is 0 Å². The number of nitrogens with two attached hydrogens (primary N) is 2. The fourth-order valence-corrected chi connectivity index (χ4v) is 6.51. The molecule has 4 aromatic rings. The van der Waals surface area contributed by atoms with Gasteiger partial charge in [0.05, 0.1) is 12.1 Å². The smallest absolute Gasteiger partial charge is 0.408 e. The van der Waals surface area contributed by atoms with Crippen LogP contribution in [0, 0.1) is 0 Å². The van der Waals surface area contributed by atoms with Crippen molar-refractivity contribution in [1.29, 1.82) is 0 Å². The van der Waals surface area contributed by atoms with Gasteiger partial charge in [-0.3, -0.25) is 19.2 Å². The predicted molar refractivity (Wildman–Crippen MR) is 217 cm³/mol. The van der Waals surface area contributed by atoms with Crippen LogP contribution in [0.4, 0.5) is 9.59 Å². The average Bonchev–Trinajstić information content (AvgIpc) is 4.04. The molecular formula is C44H50N6O9. The van der Waals surface area contributed by atoms with E-state index in [0.717, 1.165) is 22.3 Å². The van der Waals surface area contributed by atoms with E-state index >= 15 is 0 Å². The van der Waals surface area contributed by atoms with E-state index in [4.69, 9.17) is 25.7 Å². The number of alkyl carbamates (subject to hydrolysis) is 2. The Bertz CT molecular complexity index is 1850. The molecule has 0 unspecified atom stereocenters. The maximum absolute atomic E-state index is 14.0. The van der Waals surface area contributed by atoms with Crippen LogP contribution in [0.5, 0.6) is 0 Å². The zero-order valence-electron chi connectivity index (χ0n) is 32.5. The summed E-state index contributed by atoms with van der Waals surface area (Å²) in [4.78, 5) is 77.2. The summed E-state index contributed by atoms with van der Waals surface area (Å²) < 4.78 is 17.0. The Morgan fingerprint density at radius 2 is 0.814 bits per heavy atom. The zero-order chi connectivity index (χ0) is 42.0. The van der Waals surface area contributed by atoms with Gasteiger partial charge in [-0.2, -0.15) is 0 Å². The summed E-state index contributed by atoms with van der Waals surface area (Å²) in [5.41, 5.74) is 14.1. The van der Waals surface area contributed by atoms with Crippen molar-refractivity contribution < 1.29 is 43.0 Å². The van der Waals surface area contributed by atoms with E-state index in [1.807, 2.05) is 72.8 Å². The van der Waals surface area contributed by atoms with E-state index in [-0.39, 0.29) is 38.9 Å². The van der Waals surface area contributed by atoms with Crippen LogP contribution >= 0.6 is 0 Å². The topological polar surface area (TPSA) is 234 Å². The minimum Gasteiger partial charge on any atom is -0.445 e. The van der Waals surface area contributed by atoms with Crippen LogP contribution in [0.25, 0.3) is 0 Å². The maximum atomic E-state index is 14.0. The summed E-state index contributed by atoms with van der Waals surface area (Å²) in [5, 5.41) is 11.2. The summed E-state index contributed by atoms with van der Waals surface area (Å²) in [7, 11) is 0. The first-order valence-electron chi connectivity index (χ1n) is 19.4. The quantitative estimate of drug-likeness (QED) is 0.0639. The molecule has 6 atom stereocenters. The number of ether oxygens (including phenoxy) is 3. The number of benzene rings is 4. The van der Waals surface area contributed by atoms with Gasteiger partial charge in [-0.05, 0) is 47.9 Å². The largest absolute Gasteiger partial charge is 0.445 e. The summed E-state index contributed by atoms with van der Waals surface area (Å²) >= 11 is 0. The van der Waals surface area contributed by atoms with Crippen molar-refractivity contribution in [3.05, 3.63) is 144 Å². The molecule has 310 valence electrons. The van der Waals surface area contributed by atoms with Gasteiger partial charge < -0.3 is 46.9 Å². The number of epoxide rings is 1. The number of primary amides is 2. The molecule has 5 rings (SSSR count). The van der Waals surface area contributed by atoms with Gasteiger partial charge in [0.1, 0.15) is 37.5 Å². The molecule has 4 aromatic carbocycles. The average molecular weight is 807 g/mol. The van der Waals surface area contributed by atoms with Crippen molar-refractivity contribution in [1.82, 2.24) is 21.3 Å². The van der Waals surface area contributed by atoms with Crippen molar-refractivity contribution in [3.63, 3.8) is 0 Å². The first kappa shape index (κ1) is 43.4. The first-order valence-corrected chi connectivity index (χ1v) is 19.4. The Morgan fingerprint density at radius 3 is 1.14 bits per heavy atom. The highest BCUT2D eigenvalue weighted by atomic mass is 16.6. The van der Waals surface area contributed by atoms with Crippen LogP contribution in [0.15, 0.2) is 121 Å². The highest BCUT2D eigenvalue weighted by Gasteiger charge is 2.51. The third-order valence-corrected chi connectivity index (χ3v) is 9.61. The number of hydrogen-bond donors (Lipinski definition) is 6. The molecule has 1 heterocycles. The Balaban J connectivity index is 1.32. The van der Waals surface area contributed by atoms with Gasteiger partial charge in [0.15, 0.2) is 0 Å². The molecule has 59 heavy (non-hydrogen) atoms. The third-order valence-electron chi connectivity index (χ3n) is 9.61. The Labute approximate surface area is 342 Å². The zero-order valence-corrected chi connectivity index (χ0v) is 32.5. The van der Waals surface area contributed by atoms with Gasteiger partial charge in [-0.25, -0.2) is 9.59 Å². The number of rotatable bonds is 22. The number of hydrogen-bond acceptors (Lipinski definition) is 9. The van der Waals surface area contributed by atoms with Gasteiger partial charge in [-0.15, -0.1) is 0 Å². The van der Waals surface area contributed by atoms with Crippen molar-refractivity contribution >= 4 is 35.8 Å². The second-order valence-electron chi connectivity index (χ2n) is 14.2. The maximum Gasteiger partial charge on any atom is 0.408 e. The minimum atomic E-state index is -1.18. The number of nitrogens with one attached hydrogen (secondary N) is 4. The molecule has 0 bridgehead atoms. The summed E-state index contributed by atoms with van der Waals surface area (Å²) in [6.45, 7) is -0.0687. The minimum absolute atomic E-state index is 0.0344. The van der Waals surface area contributed by atoms with E-state index < -0.39 is 72.2 Å². The fraction of sp³-hybridized carbons (Fsp3) is 0.318. The number of amides is 6. The normalized spacial score (nSPS) is 16.2. The summed E-state index contributed by atoms with van der Waals surface area (Å²) in [6, 6.07) is 33.1. The molecule has 0 aromatic heterocycles. The molecule has 1 aliphatic rings. The van der Waals surface area contributed by atoms with Crippen LogP contribution in [-0.4, -0.2) is 72.2 Å². The summed E-state index contributed by atoms with van der Waals surface area (Å²) in [6.07, 6.45) is -2.86. The second-order valence-corrected chi connectivity index (χ2v) is 14.2. The van der Waals surface area contributed by atoms with E-state index in [9.17, 15) is 28.8 Å². The Kier molecular flexibility index (Phi) is 16.4. The molecule has 1 aliphatic heterocycles. The van der Waals surface area contributed by atoms with E-state index in [1.54, 1.807) is 48.5 Å². The standard InChI is InChI=1S/C44H50N6O9/c45-37(51)23-21-33(49-43(55)57-27-31-17-9-3-10-18-31)41(53)47-35(25-29-13-5-1-6-14-29)39-40(59-39)36(26-30-15-7-2-8-16-30)48-42(54)34(22-24-38(46)52)50-44(56)58-28-32-19-11-4-12-20-32/h1-20,33-36,39-40H,21-28H2,(H2,45,51)(H2,46,52)(H,47,53)(H,48,54)(H,49,55)(H,50,56)/t33-,34-,35-,36-,39-,40+/m0/s1. The van der Waals surface area contributed by atoms with Crippen LogP contribution < -0.4 is 32.7 Å². The second kappa shape index (κ2) is 22.3. The predicted octanol–water partition coefficient (Wildman–Crippen LogP) is 3.33. The molecule has 0 spiro atoms. The highest BCUT2D eigenvalue weighted by molar-refractivity contribution is 5.87. The molecule has 0 radical (unpaired) electrons. The van der Waals surface area contributed by atoms with Crippen LogP contribution in [-0.2, 0) is 59.4 Å².